The molecule has 0 bridgehead atoms. The third kappa shape index (κ3) is 2.08. The Labute approximate surface area is 127 Å². The lowest BCUT2D eigenvalue weighted by Crippen LogP contribution is -2.37. The molecule has 1 heterocycles. The molecule has 106 valence electrons. The molecule has 21 heavy (non-hydrogen) atoms. The highest BCUT2D eigenvalue weighted by Crippen LogP contribution is 2.30. The van der Waals surface area contributed by atoms with E-state index in [1.165, 1.54) is 0 Å². The van der Waals surface area contributed by atoms with E-state index >= 15 is 0 Å². The summed E-state index contributed by atoms with van der Waals surface area (Å²) in [7, 11) is 0. The summed E-state index contributed by atoms with van der Waals surface area (Å²) in [5.41, 5.74) is 1.74. The summed E-state index contributed by atoms with van der Waals surface area (Å²) < 4.78 is 0. The lowest BCUT2D eigenvalue weighted by Gasteiger charge is -2.11. The Morgan fingerprint density at radius 1 is 0.762 bits per heavy atom. The molecule has 0 aromatic heterocycles. The molecule has 0 N–H and O–H groups in total. The van der Waals surface area contributed by atoms with Gasteiger partial charge in [-0.3, -0.25) is 0 Å². The maximum atomic E-state index is 12.3. The summed E-state index contributed by atoms with van der Waals surface area (Å²) in [6, 6.07) is 18.0. The number of hydrogen-bond acceptors (Lipinski definition) is 2. The number of nitrogens with zero attached hydrogens (tertiary/aromatic N) is 2. The minimum atomic E-state index is -1.19. The third-order valence-corrected chi connectivity index (χ3v) is 3.89. The smallest absolute Gasteiger partial charge is 0.303 e. The van der Waals surface area contributed by atoms with Gasteiger partial charge in [-0.25, -0.2) is 0 Å². The van der Waals surface area contributed by atoms with Crippen molar-refractivity contribution in [2.24, 2.45) is 0 Å². The van der Waals surface area contributed by atoms with Crippen molar-refractivity contribution >= 4 is 23.0 Å². The van der Waals surface area contributed by atoms with Crippen LogP contribution in [0.15, 0.2) is 60.7 Å². The molecule has 2 aromatic carbocycles. The van der Waals surface area contributed by atoms with Gasteiger partial charge < -0.3 is 10.4 Å². The van der Waals surface area contributed by atoms with Crippen LogP contribution in [0.2, 0.25) is 0 Å². The van der Waals surface area contributed by atoms with Gasteiger partial charge in [0, 0.05) is 0 Å². The summed E-state index contributed by atoms with van der Waals surface area (Å²) >= 11 is 6.60. The summed E-state index contributed by atoms with van der Waals surface area (Å²) in [6.45, 7) is 1.67. The highest BCUT2D eigenvalue weighted by Gasteiger charge is 2.56. The largest absolute Gasteiger partial charge is 0.561 e. The maximum Gasteiger partial charge on any atom is 0.303 e. The number of alkyl halides is 1. The van der Waals surface area contributed by atoms with Gasteiger partial charge in [0.25, 0.3) is 0 Å². The Kier molecular flexibility index (Phi) is 3.18. The lowest BCUT2D eigenvalue weighted by atomic mass is 9.90. The number of halogens is 1. The molecule has 0 atom stereocenters. The van der Waals surface area contributed by atoms with Gasteiger partial charge in [-0.1, -0.05) is 48.0 Å². The van der Waals surface area contributed by atoms with Crippen LogP contribution in [0.4, 0.5) is 0 Å². The van der Waals surface area contributed by atoms with E-state index in [2.05, 4.69) is 0 Å². The first-order chi connectivity index (χ1) is 10.0. The number of hydrazone groups is 2. The van der Waals surface area contributed by atoms with Gasteiger partial charge in [-0.2, -0.15) is 0 Å². The van der Waals surface area contributed by atoms with Crippen LogP contribution in [0.5, 0.6) is 0 Å². The fraction of sp³-hybridized carbons (Fsp3) is 0.125. The van der Waals surface area contributed by atoms with Crippen molar-refractivity contribution in [3.63, 3.8) is 0 Å². The van der Waals surface area contributed by atoms with Gasteiger partial charge in [-0.15, -0.1) is 0 Å². The molecule has 1 aliphatic rings. The van der Waals surface area contributed by atoms with Crippen LogP contribution in [0.25, 0.3) is 0 Å². The predicted octanol–water partition coefficient (Wildman–Crippen LogP) is 2.91. The van der Waals surface area contributed by atoms with Crippen molar-refractivity contribution in [2.45, 2.75) is 11.8 Å². The number of rotatable bonds is 2. The molecule has 2 aromatic rings. The van der Waals surface area contributed by atoms with Crippen LogP contribution in [0.1, 0.15) is 18.1 Å². The zero-order valence-corrected chi connectivity index (χ0v) is 12.1. The second kappa shape index (κ2) is 4.90. The Hall–Kier alpha value is -2.33. The molecule has 0 aliphatic carbocycles. The van der Waals surface area contributed by atoms with Crippen molar-refractivity contribution < 1.29 is 9.70 Å². The topological polar surface area (TPSA) is 52.1 Å². The molecule has 5 heteroatoms. The van der Waals surface area contributed by atoms with Crippen LogP contribution in [0.3, 0.4) is 0 Å². The molecule has 4 nitrogen and oxygen atoms in total. The molecule has 0 unspecified atom stereocenters. The Balaban J connectivity index is 2.17. The van der Waals surface area contributed by atoms with Crippen LogP contribution >= 0.6 is 11.6 Å². The standard InChI is InChI=1S/C16H13ClN2O2/c1-16(17)14(12-8-4-2-5-9-12)18(20)19(21)15(16)13-10-6-3-7-11-13/h2-11H,1H3. The van der Waals surface area contributed by atoms with Crippen LogP contribution in [-0.2, 0) is 0 Å². The van der Waals surface area contributed by atoms with Gasteiger partial charge in [-0.05, 0) is 31.2 Å². The third-order valence-electron chi connectivity index (χ3n) is 3.53. The molecular weight excluding hydrogens is 288 g/mol. The summed E-state index contributed by atoms with van der Waals surface area (Å²) in [6.07, 6.45) is 0. The zero-order chi connectivity index (χ0) is 15.0. The second-order valence-electron chi connectivity index (χ2n) is 4.98. The van der Waals surface area contributed by atoms with Crippen LogP contribution in [0, 0.1) is 10.4 Å². The van der Waals surface area contributed by atoms with E-state index in [0.29, 0.717) is 20.8 Å². The lowest BCUT2D eigenvalue weighted by molar-refractivity contribution is -1.05. The van der Waals surface area contributed by atoms with E-state index in [1.54, 1.807) is 55.5 Å². The summed E-state index contributed by atoms with van der Waals surface area (Å²) in [5, 5.41) is 24.6. The minimum Gasteiger partial charge on any atom is -0.561 e. The molecular formula is C16H13ClN2O2. The van der Waals surface area contributed by atoms with Crippen molar-refractivity contribution in [2.75, 3.05) is 0 Å². The fourth-order valence-electron chi connectivity index (χ4n) is 2.61. The monoisotopic (exact) mass is 300 g/mol. The SMILES string of the molecule is CC1(Cl)C(c2ccccc2)=[N+]([O-])[N+]([O-])=C1c1ccccc1. The molecule has 0 radical (unpaired) electrons. The fourth-order valence-corrected chi connectivity index (χ4v) is 2.97. The first-order valence-electron chi connectivity index (χ1n) is 6.52. The normalized spacial score (nSPS) is 17.4. The molecule has 3 rings (SSSR count). The Morgan fingerprint density at radius 3 is 1.43 bits per heavy atom. The van der Waals surface area contributed by atoms with E-state index in [1.807, 2.05) is 12.1 Å². The summed E-state index contributed by atoms with van der Waals surface area (Å²) in [5.74, 6) is 0. The van der Waals surface area contributed by atoms with Crippen molar-refractivity contribution in [1.29, 1.82) is 0 Å². The molecule has 0 saturated heterocycles. The van der Waals surface area contributed by atoms with Crippen molar-refractivity contribution in [1.82, 2.24) is 0 Å². The van der Waals surface area contributed by atoms with Gasteiger partial charge in [0.2, 0.25) is 4.87 Å². The van der Waals surface area contributed by atoms with E-state index in [-0.39, 0.29) is 11.4 Å². The van der Waals surface area contributed by atoms with Crippen molar-refractivity contribution in [3.8, 4) is 0 Å². The van der Waals surface area contributed by atoms with Crippen LogP contribution < -0.4 is 0 Å². The van der Waals surface area contributed by atoms with E-state index in [9.17, 15) is 10.4 Å². The Bertz CT molecular complexity index is 674. The average Bonchev–Trinajstić information content (AvgIpc) is 2.66. The Morgan fingerprint density at radius 2 is 1.10 bits per heavy atom. The first kappa shape index (κ1) is 13.6. The highest BCUT2D eigenvalue weighted by atomic mass is 35.5. The summed E-state index contributed by atoms with van der Waals surface area (Å²) in [4.78, 5) is -0.540. The second-order valence-corrected chi connectivity index (χ2v) is 5.73. The zero-order valence-electron chi connectivity index (χ0n) is 11.4. The van der Waals surface area contributed by atoms with Gasteiger partial charge in [0.15, 0.2) is 0 Å². The van der Waals surface area contributed by atoms with Crippen molar-refractivity contribution in [3.05, 3.63) is 82.2 Å². The van der Waals surface area contributed by atoms with Gasteiger partial charge in [0.1, 0.15) is 0 Å². The molecule has 0 spiro atoms. The van der Waals surface area contributed by atoms with Gasteiger partial charge >= 0.3 is 11.4 Å². The number of hydrogen-bond donors (Lipinski definition) is 0. The first-order valence-corrected chi connectivity index (χ1v) is 6.90. The average molecular weight is 301 g/mol. The maximum absolute atomic E-state index is 12.3. The van der Waals surface area contributed by atoms with E-state index in [0.717, 1.165) is 0 Å². The molecule has 0 amide bonds. The van der Waals surface area contributed by atoms with Crippen LogP contribution in [-0.4, -0.2) is 26.0 Å². The number of hydrazine groups is 1. The molecule has 0 fully saturated rings. The quantitative estimate of drug-likeness (QED) is 0.486. The number of benzene rings is 2. The van der Waals surface area contributed by atoms with E-state index in [4.69, 9.17) is 11.6 Å². The van der Waals surface area contributed by atoms with E-state index < -0.39 is 4.87 Å². The predicted molar refractivity (Wildman–Crippen MR) is 82.6 cm³/mol. The molecule has 0 saturated carbocycles. The molecule has 1 aliphatic heterocycles. The van der Waals surface area contributed by atoms with Gasteiger partial charge in [0.05, 0.1) is 20.8 Å². The highest BCUT2D eigenvalue weighted by molar-refractivity contribution is 6.51. The minimum absolute atomic E-state index is 0.235.